The molecule has 132 valence electrons. The van der Waals surface area contributed by atoms with Crippen molar-refractivity contribution >= 4 is 22.9 Å². The molecule has 5 heteroatoms. The van der Waals surface area contributed by atoms with Gasteiger partial charge in [-0.05, 0) is 31.0 Å². The van der Waals surface area contributed by atoms with Crippen LogP contribution in [0.15, 0.2) is 53.9 Å². The van der Waals surface area contributed by atoms with Crippen LogP contribution in [-0.4, -0.2) is 10.9 Å². The number of hydrogen-bond acceptors (Lipinski definition) is 3. The van der Waals surface area contributed by atoms with E-state index in [9.17, 15) is 9.18 Å². The first-order valence-corrected chi connectivity index (χ1v) is 9.71. The van der Waals surface area contributed by atoms with Crippen LogP contribution in [0.1, 0.15) is 25.7 Å². The van der Waals surface area contributed by atoms with Crippen LogP contribution >= 0.6 is 11.3 Å². The Morgan fingerprint density at radius 1 is 1.04 bits per heavy atom. The van der Waals surface area contributed by atoms with Crippen LogP contribution in [0.4, 0.5) is 10.1 Å². The Kier molecular flexibility index (Phi) is 4.80. The zero-order chi connectivity index (χ0) is 17.9. The predicted molar refractivity (Wildman–Crippen MR) is 104 cm³/mol. The topological polar surface area (TPSA) is 42.0 Å². The SMILES string of the molecule is O=C(Nc1ccccc1-c1csc(-c2ccccc2F)n1)C1CCCC1. The minimum absolute atomic E-state index is 0.0829. The lowest BCUT2D eigenvalue weighted by Gasteiger charge is -2.13. The maximum Gasteiger partial charge on any atom is 0.227 e. The van der Waals surface area contributed by atoms with Gasteiger partial charge in [-0.25, -0.2) is 9.37 Å². The van der Waals surface area contributed by atoms with Crippen LogP contribution < -0.4 is 5.32 Å². The number of rotatable bonds is 4. The Hall–Kier alpha value is -2.53. The number of hydrogen-bond donors (Lipinski definition) is 1. The third-order valence-corrected chi connectivity index (χ3v) is 5.67. The zero-order valence-corrected chi connectivity index (χ0v) is 15.1. The smallest absolute Gasteiger partial charge is 0.227 e. The molecule has 4 rings (SSSR count). The average Bonchev–Trinajstić information content (AvgIpc) is 3.35. The molecule has 0 radical (unpaired) electrons. The van der Waals surface area contributed by atoms with Crippen molar-refractivity contribution in [1.82, 2.24) is 4.98 Å². The number of carbonyl (C=O) groups is 1. The fraction of sp³-hybridized carbons (Fsp3) is 0.238. The molecule has 0 saturated heterocycles. The summed E-state index contributed by atoms with van der Waals surface area (Å²) in [6.45, 7) is 0. The van der Waals surface area contributed by atoms with Crippen LogP contribution in [0.5, 0.6) is 0 Å². The molecule has 0 spiro atoms. The van der Waals surface area contributed by atoms with Gasteiger partial charge < -0.3 is 5.32 Å². The van der Waals surface area contributed by atoms with Crippen molar-refractivity contribution in [2.75, 3.05) is 5.32 Å². The number of halogens is 1. The number of para-hydroxylation sites is 1. The van der Waals surface area contributed by atoms with Crippen LogP contribution in [0, 0.1) is 11.7 Å². The summed E-state index contributed by atoms with van der Waals surface area (Å²) in [5.41, 5.74) is 2.86. The first-order chi connectivity index (χ1) is 12.7. The number of nitrogens with zero attached hydrogens (tertiary/aromatic N) is 1. The van der Waals surface area contributed by atoms with Crippen molar-refractivity contribution in [3.63, 3.8) is 0 Å². The van der Waals surface area contributed by atoms with Gasteiger partial charge >= 0.3 is 0 Å². The van der Waals surface area contributed by atoms with E-state index in [1.807, 2.05) is 29.6 Å². The van der Waals surface area contributed by atoms with Crippen LogP contribution in [0.25, 0.3) is 21.8 Å². The predicted octanol–water partition coefficient (Wildman–Crippen LogP) is 5.74. The number of carbonyl (C=O) groups excluding carboxylic acids is 1. The van der Waals surface area contributed by atoms with Crippen LogP contribution in [-0.2, 0) is 4.79 Å². The third-order valence-electron chi connectivity index (χ3n) is 4.80. The highest BCUT2D eigenvalue weighted by Crippen LogP contribution is 2.34. The second-order valence-corrected chi connectivity index (χ2v) is 7.39. The van der Waals surface area contributed by atoms with Gasteiger partial charge in [-0.2, -0.15) is 0 Å². The quantitative estimate of drug-likeness (QED) is 0.639. The molecule has 1 fully saturated rings. The first-order valence-electron chi connectivity index (χ1n) is 8.83. The van der Waals surface area contributed by atoms with Crippen LogP contribution in [0.3, 0.4) is 0 Å². The van der Waals surface area contributed by atoms with E-state index >= 15 is 0 Å². The molecule has 3 aromatic rings. The molecule has 1 N–H and O–H groups in total. The monoisotopic (exact) mass is 366 g/mol. The Bertz CT molecular complexity index is 931. The van der Waals surface area contributed by atoms with Gasteiger partial charge in [0.15, 0.2) is 0 Å². The highest BCUT2D eigenvalue weighted by atomic mass is 32.1. The molecule has 1 aromatic heterocycles. The molecule has 26 heavy (non-hydrogen) atoms. The van der Waals surface area contributed by atoms with Gasteiger partial charge in [0.1, 0.15) is 10.8 Å². The van der Waals surface area contributed by atoms with E-state index in [1.165, 1.54) is 17.4 Å². The van der Waals surface area contributed by atoms with Gasteiger partial charge in [0.25, 0.3) is 0 Å². The Labute approximate surface area is 155 Å². The van der Waals surface area contributed by atoms with Crippen molar-refractivity contribution in [3.8, 4) is 21.8 Å². The first kappa shape index (κ1) is 16.9. The van der Waals surface area contributed by atoms with Crippen molar-refractivity contribution < 1.29 is 9.18 Å². The number of aromatic nitrogens is 1. The van der Waals surface area contributed by atoms with Crippen molar-refractivity contribution in [3.05, 3.63) is 59.7 Å². The number of anilines is 1. The zero-order valence-electron chi connectivity index (χ0n) is 14.2. The molecule has 3 nitrogen and oxygen atoms in total. The summed E-state index contributed by atoms with van der Waals surface area (Å²) >= 11 is 1.40. The molecule has 1 aliphatic rings. The minimum Gasteiger partial charge on any atom is -0.325 e. The van der Waals surface area contributed by atoms with E-state index in [2.05, 4.69) is 10.3 Å². The summed E-state index contributed by atoms with van der Waals surface area (Å²) in [4.78, 5) is 17.1. The third kappa shape index (κ3) is 3.40. The highest BCUT2D eigenvalue weighted by molar-refractivity contribution is 7.13. The summed E-state index contributed by atoms with van der Waals surface area (Å²) in [5, 5.41) is 5.60. The van der Waals surface area contributed by atoms with Gasteiger partial charge in [0.05, 0.1) is 11.4 Å². The van der Waals surface area contributed by atoms with Gasteiger partial charge in [-0.1, -0.05) is 43.2 Å². The van der Waals surface area contributed by atoms with E-state index in [0.29, 0.717) is 10.6 Å². The normalized spacial score (nSPS) is 14.5. The lowest BCUT2D eigenvalue weighted by molar-refractivity contribution is -0.119. The van der Waals surface area contributed by atoms with Gasteiger partial charge in [-0.15, -0.1) is 11.3 Å². The van der Waals surface area contributed by atoms with Crippen LogP contribution in [0.2, 0.25) is 0 Å². The summed E-state index contributed by atoms with van der Waals surface area (Å²) in [6, 6.07) is 14.3. The molecular weight excluding hydrogens is 347 g/mol. The molecule has 0 bridgehead atoms. The number of amides is 1. The maximum absolute atomic E-state index is 14.0. The van der Waals surface area contributed by atoms with E-state index in [1.54, 1.807) is 18.2 Å². The second-order valence-electron chi connectivity index (χ2n) is 6.53. The molecule has 0 atom stereocenters. The molecule has 1 heterocycles. The molecule has 2 aromatic carbocycles. The molecule has 0 unspecified atom stereocenters. The molecule has 1 aliphatic carbocycles. The number of benzene rings is 2. The summed E-state index contributed by atoms with van der Waals surface area (Å²) in [7, 11) is 0. The maximum atomic E-state index is 14.0. The Balaban J connectivity index is 1.62. The summed E-state index contributed by atoms with van der Waals surface area (Å²) in [5.74, 6) is -0.0943. The standard InChI is InChI=1S/C21H19FN2OS/c22-17-11-5-3-9-15(17)21-24-19(13-26-21)16-10-4-6-12-18(16)23-20(25)14-7-1-2-8-14/h3-6,9-14H,1-2,7-8H2,(H,23,25). The summed E-state index contributed by atoms with van der Waals surface area (Å²) < 4.78 is 14.0. The van der Waals surface area contributed by atoms with Gasteiger partial charge in [-0.3, -0.25) is 4.79 Å². The van der Waals surface area contributed by atoms with Crippen molar-refractivity contribution in [2.24, 2.45) is 5.92 Å². The van der Waals surface area contributed by atoms with Gasteiger partial charge in [0, 0.05) is 22.4 Å². The average molecular weight is 366 g/mol. The lowest BCUT2D eigenvalue weighted by Crippen LogP contribution is -2.20. The van der Waals surface area contributed by atoms with E-state index in [0.717, 1.165) is 42.6 Å². The Morgan fingerprint density at radius 2 is 1.73 bits per heavy atom. The minimum atomic E-state index is -0.281. The van der Waals surface area contributed by atoms with Gasteiger partial charge in [0.2, 0.25) is 5.91 Å². The van der Waals surface area contributed by atoms with Crippen molar-refractivity contribution in [1.29, 1.82) is 0 Å². The number of nitrogens with one attached hydrogen (secondary N) is 1. The largest absolute Gasteiger partial charge is 0.325 e. The molecule has 1 amide bonds. The number of thiazole rings is 1. The van der Waals surface area contributed by atoms with E-state index in [4.69, 9.17) is 0 Å². The summed E-state index contributed by atoms with van der Waals surface area (Å²) in [6.07, 6.45) is 4.17. The molecular formula is C21H19FN2OS. The molecule has 1 saturated carbocycles. The van der Waals surface area contributed by atoms with E-state index in [-0.39, 0.29) is 17.6 Å². The second kappa shape index (κ2) is 7.38. The lowest BCUT2D eigenvalue weighted by atomic mass is 10.1. The highest BCUT2D eigenvalue weighted by Gasteiger charge is 2.23. The van der Waals surface area contributed by atoms with E-state index < -0.39 is 0 Å². The molecule has 0 aliphatic heterocycles. The Morgan fingerprint density at radius 3 is 2.50 bits per heavy atom. The fourth-order valence-corrected chi connectivity index (χ4v) is 4.24. The van der Waals surface area contributed by atoms with Crippen molar-refractivity contribution in [2.45, 2.75) is 25.7 Å². The fourth-order valence-electron chi connectivity index (χ4n) is 3.39.